The van der Waals surface area contributed by atoms with Gasteiger partial charge in [0.2, 0.25) is 11.8 Å². The molecule has 9 nitrogen and oxygen atoms in total. The number of carbonyl (C=O) groups is 1. The molecule has 41 heavy (non-hydrogen) atoms. The summed E-state index contributed by atoms with van der Waals surface area (Å²) in [5.74, 6) is 1.31. The highest BCUT2D eigenvalue weighted by Gasteiger charge is 2.25. The Labute approximate surface area is 239 Å². The van der Waals surface area contributed by atoms with E-state index >= 15 is 0 Å². The van der Waals surface area contributed by atoms with Gasteiger partial charge in [-0.05, 0) is 61.9 Å². The molecule has 0 unspecified atom stereocenters. The molecule has 1 amide bonds. The quantitative estimate of drug-likeness (QED) is 0.262. The number of aromatic nitrogens is 4. The van der Waals surface area contributed by atoms with Crippen LogP contribution in [0, 0.1) is 12.8 Å². The van der Waals surface area contributed by atoms with Crippen LogP contribution in [0.25, 0.3) is 32.7 Å². The van der Waals surface area contributed by atoms with Crippen LogP contribution in [-0.2, 0) is 4.79 Å². The average Bonchev–Trinajstić information content (AvgIpc) is 3.34. The van der Waals surface area contributed by atoms with Crippen molar-refractivity contribution in [2.75, 3.05) is 0 Å². The van der Waals surface area contributed by atoms with E-state index in [1.165, 1.54) is 22.0 Å². The van der Waals surface area contributed by atoms with Crippen molar-refractivity contribution in [3.8, 4) is 17.3 Å². The first-order chi connectivity index (χ1) is 19.9. The first-order valence-electron chi connectivity index (χ1n) is 13.6. The summed E-state index contributed by atoms with van der Waals surface area (Å²) in [7, 11) is 0. The Morgan fingerprint density at radius 2 is 2.07 bits per heavy atom. The Morgan fingerprint density at radius 3 is 2.85 bits per heavy atom. The Bertz CT molecular complexity index is 1880. The highest BCUT2D eigenvalue weighted by atomic mass is 32.1. The monoisotopic (exact) mass is 567 g/mol. The van der Waals surface area contributed by atoms with Crippen LogP contribution in [0.1, 0.15) is 37.7 Å². The zero-order chi connectivity index (χ0) is 28.5. The van der Waals surface area contributed by atoms with Crippen molar-refractivity contribution in [2.24, 2.45) is 5.92 Å². The maximum atomic E-state index is 13.5. The fourth-order valence-electron chi connectivity index (χ4n) is 5.62. The summed E-state index contributed by atoms with van der Waals surface area (Å²) >= 11 is 1.33. The fraction of sp³-hybridized carbons (Fsp3) is 0.258. The van der Waals surface area contributed by atoms with Crippen molar-refractivity contribution >= 4 is 44.3 Å². The summed E-state index contributed by atoms with van der Waals surface area (Å²) in [4.78, 5) is 39.4. The third kappa shape index (κ3) is 5.30. The minimum atomic E-state index is -0.469. The number of amides is 1. The van der Waals surface area contributed by atoms with E-state index in [0.717, 1.165) is 36.6 Å². The molecule has 0 bridgehead atoms. The predicted molar refractivity (Wildman–Crippen MR) is 160 cm³/mol. The summed E-state index contributed by atoms with van der Waals surface area (Å²) in [5.41, 5.74) is 2.01. The molecule has 1 aliphatic rings. The second kappa shape index (κ2) is 11.1. The summed E-state index contributed by atoms with van der Waals surface area (Å²) < 4.78 is 7.96. The van der Waals surface area contributed by atoms with E-state index in [1.54, 1.807) is 24.5 Å². The number of para-hydroxylation sites is 1. The van der Waals surface area contributed by atoms with Crippen LogP contribution < -0.4 is 20.3 Å². The number of aliphatic hydroxyl groups is 1. The number of pyridine rings is 2. The van der Waals surface area contributed by atoms with E-state index < -0.39 is 5.69 Å². The standard InChI is InChI=1S/C31H29N5O4S/c1-3-25(38)34-20-9-7-8-19(15-20)16-24(37)29-28-27-22(12-13-32-30(27)41-29)36(31(39)35-28)23-17-33-26(14-18(23)2)40-21-10-5-4-6-11-21/h3-6,10-14,17,19-20,37H,1,7-9,15-16H2,2H3,(H,34,38)/t19-,20-/m0/s1. The maximum absolute atomic E-state index is 13.5. The zero-order valence-electron chi connectivity index (χ0n) is 22.5. The molecule has 1 saturated carbocycles. The van der Waals surface area contributed by atoms with E-state index in [9.17, 15) is 14.7 Å². The number of rotatable bonds is 7. The van der Waals surface area contributed by atoms with Gasteiger partial charge < -0.3 is 15.2 Å². The van der Waals surface area contributed by atoms with Gasteiger partial charge in [-0.3, -0.25) is 9.36 Å². The van der Waals surface area contributed by atoms with Gasteiger partial charge in [-0.2, -0.15) is 4.98 Å². The van der Waals surface area contributed by atoms with E-state index in [2.05, 4.69) is 26.8 Å². The second-order valence-corrected chi connectivity index (χ2v) is 11.3. The van der Waals surface area contributed by atoms with Crippen LogP contribution in [-0.4, -0.2) is 36.6 Å². The largest absolute Gasteiger partial charge is 0.511 e. The summed E-state index contributed by atoms with van der Waals surface area (Å²) in [5, 5.41) is 15.0. The summed E-state index contributed by atoms with van der Waals surface area (Å²) in [6, 6.07) is 13.0. The van der Waals surface area contributed by atoms with Crippen molar-refractivity contribution < 1.29 is 14.6 Å². The van der Waals surface area contributed by atoms with E-state index in [1.807, 2.05) is 37.3 Å². The predicted octanol–water partition coefficient (Wildman–Crippen LogP) is 5.13. The molecule has 0 saturated heterocycles. The van der Waals surface area contributed by atoms with Gasteiger partial charge in [-0.25, -0.2) is 14.8 Å². The number of thiophene rings is 1. The van der Waals surface area contributed by atoms with Crippen molar-refractivity contribution in [3.05, 3.63) is 88.1 Å². The molecule has 208 valence electrons. The lowest BCUT2D eigenvalue weighted by atomic mass is 9.83. The molecule has 1 fully saturated rings. The lowest BCUT2D eigenvalue weighted by Gasteiger charge is -2.29. The molecular weight excluding hydrogens is 538 g/mol. The van der Waals surface area contributed by atoms with Gasteiger partial charge in [0.05, 0.1) is 27.3 Å². The van der Waals surface area contributed by atoms with Crippen LogP contribution in [0.3, 0.4) is 0 Å². The van der Waals surface area contributed by atoms with Crippen LogP contribution in [0.4, 0.5) is 0 Å². The van der Waals surface area contributed by atoms with Crippen LogP contribution in [0.2, 0.25) is 0 Å². The van der Waals surface area contributed by atoms with Crippen LogP contribution in [0.5, 0.6) is 11.6 Å². The third-order valence-electron chi connectivity index (χ3n) is 7.51. The Balaban J connectivity index is 1.36. The number of nitrogens with one attached hydrogen (secondary N) is 1. The Kier molecular flexibility index (Phi) is 7.23. The van der Waals surface area contributed by atoms with Crippen LogP contribution in [0.15, 0.2) is 72.3 Å². The lowest BCUT2D eigenvalue weighted by Crippen LogP contribution is -2.37. The normalized spacial score (nSPS) is 17.9. The summed E-state index contributed by atoms with van der Waals surface area (Å²) in [6.07, 6.45) is 8.59. The molecule has 0 spiro atoms. The fourth-order valence-corrected chi connectivity index (χ4v) is 6.67. The number of nitrogens with zero attached hydrogens (tertiary/aromatic N) is 4. The number of hydrogen-bond donors (Lipinski definition) is 2. The minimum Gasteiger partial charge on any atom is -0.511 e. The molecule has 1 aromatic carbocycles. The number of aliphatic hydroxyl groups excluding tert-OH is 1. The molecule has 1 aliphatic carbocycles. The molecule has 0 aliphatic heterocycles. The topological polar surface area (TPSA) is 119 Å². The molecule has 10 heteroatoms. The number of ether oxygens (including phenoxy) is 1. The van der Waals surface area contributed by atoms with Crippen molar-refractivity contribution in [1.29, 1.82) is 0 Å². The van der Waals surface area contributed by atoms with Gasteiger partial charge in [0.1, 0.15) is 21.9 Å². The second-order valence-electron chi connectivity index (χ2n) is 10.3. The average molecular weight is 568 g/mol. The number of benzene rings is 1. The first kappa shape index (κ1) is 26.6. The van der Waals surface area contributed by atoms with Gasteiger partial charge in [-0.1, -0.05) is 31.2 Å². The molecule has 2 atom stereocenters. The Hall–Kier alpha value is -4.57. The molecule has 4 aromatic heterocycles. The number of aryl methyl sites for hydroxylation is 1. The maximum Gasteiger partial charge on any atom is 0.353 e. The van der Waals surface area contributed by atoms with Gasteiger partial charge in [0.15, 0.2) is 0 Å². The van der Waals surface area contributed by atoms with Gasteiger partial charge in [0.25, 0.3) is 0 Å². The smallest absolute Gasteiger partial charge is 0.353 e. The molecular formula is C31H29N5O4S. The van der Waals surface area contributed by atoms with Gasteiger partial charge in [-0.15, -0.1) is 11.3 Å². The first-order valence-corrected chi connectivity index (χ1v) is 14.4. The molecule has 6 rings (SSSR count). The molecule has 4 heterocycles. The van der Waals surface area contributed by atoms with E-state index in [0.29, 0.717) is 44.1 Å². The van der Waals surface area contributed by atoms with Crippen molar-refractivity contribution in [1.82, 2.24) is 24.8 Å². The van der Waals surface area contributed by atoms with Gasteiger partial charge >= 0.3 is 5.69 Å². The highest BCUT2D eigenvalue weighted by Crippen LogP contribution is 2.32. The van der Waals surface area contributed by atoms with Crippen molar-refractivity contribution in [3.63, 3.8) is 0 Å². The third-order valence-corrected chi connectivity index (χ3v) is 8.64. The minimum absolute atomic E-state index is 0.0576. The molecule has 5 aromatic rings. The van der Waals surface area contributed by atoms with Crippen molar-refractivity contribution in [2.45, 2.75) is 45.1 Å². The van der Waals surface area contributed by atoms with E-state index in [4.69, 9.17) is 4.74 Å². The molecule has 2 N–H and O–H groups in total. The van der Waals surface area contributed by atoms with Gasteiger partial charge in [0, 0.05) is 24.7 Å². The number of carbonyl (C=O) groups excluding carboxylic acids is 1. The SMILES string of the molecule is C=CC(=O)N[C@H]1CCC[C@H](CC(O)=c2sc3nccc4c3c2nc(=O)n4-c2cnc(Oc3ccccc3)cc2C)C1. The number of hydrogen-bond acceptors (Lipinski definition) is 8. The highest BCUT2D eigenvalue weighted by molar-refractivity contribution is 7.17. The zero-order valence-corrected chi connectivity index (χ0v) is 23.4. The van der Waals surface area contributed by atoms with Crippen LogP contribution >= 0.6 is 11.3 Å². The Morgan fingerprint density at radius 1 is 1.24 bits per heavy atom. The lowest BCUT2D eigenvalue weighted by molar-refractivity contribution is -0.117. The molecule has 0 radical (unpaired) electrons. The van der Waals surface area contributed by atoms with E-state index in [-0.39, 0.29) is 23.6 Å². The summed E-state index contributed by atoms with van der Waals surface area (Å²) in [6.45, 7) is 5.42.